The van der Waals surface area contributed by atoms with Crippen LogP contribution >= 0.6 is 0 Å². The SMILES string of the molecule is Cc1ccccc1C(c1ccn[nH]1)N1CCN(Cc2ccncc2)CC1. The van der Waals surface area contributed by atoms with Crippen molar-refractivity contribution in [3.8, 4) is 0 Å². The van der Waals surface area contributed by atoms with Crippen molar-refractivity contribution in [3.05, 3.63) is 83.4 Å². The van der Waals surface area contributed by atoms with Crippen LogP contribution in [0, 0.1) is 6.92 Å². The lowest BCUT2D eigenvalue weighted by Crippen LogP contribution is -2.47. The van der Waals surface area contributed by atoms with Crippen LogP contribution in [0.2, 0.25) is 0 Å². The molecule has 1 unspecified atom stereocenters. The predicted octanol–water partition coefficient (Wildman–Crippen LogP) is 3.02. The molecule has 2 aromatic heterocycles. The molecular formula is C21H25N5. The minimum Gasteiger partial charge on any atom is -0.297 e. The van der Waals surface area contributed by atoms with Crippen LogP contribution in [0.25, 0.3) is 0 Å². The number of aryl methyl sites for hydroxylation is 1. The molecule has 5 heteroatoms. The van der Waals surface area contributed by atoms with Gasteiger partial charge in [0.05, 0.1) is 11.7 Å². The molecule has 3 heterocycles. The Morgan fingerprint density at radius 2 is 1.73 bits per heavy atom. The van der Waals surface area contributed by atoms with Crippen LogP contribution in [0.3, 0.4) is 0 Å². The van der Waals surface area contributed by atoms with Crippen molar-refractivity contribution in [1.82, 2.24) is 25.0 Å². The van der Waals surface area contributed by atoms with Gasteiger partial charge in [-0.25, -0.2) is 0 Å². The van der Waals surface area contributed by atoms with Crippen molar-refractivity contribution < 1.29 is 0 Å². The number of aromatic nitrogens is 3. The average Bonchev–Trinajstić information content (AvgIpc) is 3.20. The summed E-state index contributed by atoms with van der Waals surface area (Å²) >= 11 is 0. The molecule has 134 valence electrons. The van der Waals surface area contributed by atoms with E-state index in [0.29, 0.717) is 0 Å². The summed E-state index contributed by atoms with van der Waals surface area (Å²) in [5.41, 5.74) is 5.19. The molecule has 0 spiro atoms. The van der Waals surface area contributed by atoms with Crippen molar-refractivity contribution in [2.75, 3.05) is 26.2 Å². The Bertz CT molecular complexity index is 807. The molecule has 1 aromatic carbocycles. The van der Waals surface area contributed by atoms with Crippen molar-refractivity contribution >= 4 is 0 Å². The van der Waals surface area contributed by atoms with E-state index in [2.05, 4.69) is 74.4 Å². The third kappa shape index (κ3) is 3.69. The first-order chi connectivity index (χ1) is 12.8. The fraction of sp³-hybridized carbons (Fsp3) is 0.333. The van der Waals surface area contributed by atoms with Crippen LogP contribution in [0.15, 0.2) is 61.1 Å². The van der Waals surface area contributed by atoms with Gasteiger partial charge in [0.25, 0.3) is 0 Å². The smallest absolute Gasteiger partial charge is 0.0774 e. The number of nitrogens with zero attached hydrogens (tertiary/aromatic N) is 4. The highest BCUT2D eigenvalue weighted by Gasteiger charge is 2.28. The third-order valence-corrected chi connectivity index (χ3v) is 5.23. The van der Waals surface area contributed by atoms with Gasteiger partial charge in [-0.05, 0) is 41.8 Å². The highest BCUT2D eigenvalue weighted by Crippen LogP contribution is 2.30. The van der Waals surface area contributed by atoms with Gasteiger partial charge in [0.2, 0.25) is 0 Å². The minimum absolute atomic E-state index is 0.238. The van der Waals surface area contributed by atoms with Crippen LogP contribution < -0.4 is 0 Å². The first kappa shape index (κ1) is 16.9. The Morgan fingerprint density at radius 3 is 2.42 bits per heavy atom. The topological polar surface area (TPSA) is 48.1 Å². The zero-order valence-corrected chi connectivity index (χ0v) is 15.2. The van der Waals surface area contributed by atoms with E-state index >= 15 is 0 Å². The standard InChI is InChI=1S/C21H25N5/c1-17-4-2-3-5-19(17)21(20-8-11-23-24-20)26-14-12-25(13-15-26)16-18-6-9-22-10-7-18/h2-11,21H,12-16H2,1H3,(H,23,24). The summed E-state index contributed by atoms with van der Waals surface area (Å²) in [7, 11) is 0. The molecule has 1 N–H and O–H groups in total. The van der Waals surface area contributed by atoms with E-state index in [0.717, 1.165) is 32.7 Å². The highest BCUT2D eigenvalue weighted by molar-refractivity contribution is 5.34. The number of nitrogens with one attached hydrogen (secondary N) is 1. The third-order valence-electron chi connectivity index (χ3n) is 5.23. The van der Waals surface area contributed by atoms with Crippen LogP contribution in [-0.4, -0.2) is 51.2 Å². The Balaban J connectivity index is 1.49. The van der Waals surface area contributed by atoms with E-state index in [1.807, 2.05) is 18.6 Å². The number of aromatic amines is 1. The quantitative estimate of drug-likeness (QED) is 0.771. The van der Waals surface area contributed by atoms with Crippen molar-refractivity contribution in [2.24, 2.45) is 0 Å². The Kier molecular flexibility index (Phi) is 5.09. The lowest BCUT2D eigenvalue weighted by Gasteiger charge is -2.39. The predicted molar refractivity (Wildman–Crippen MR) is 103 cm³/mol. The number of H-pyrrole nitrogens is 1. The molecule has 0 amide bonds. The second-order valence-electron chi connectivity index (χ2n) is 6.94. The lowest BCUT2D eigenvalue weighted by molar-refractivity contribution is 0.103. The van der Waals surface area contributed by atoms with Gasteiger partial charge >= 0.3 is 0 Å². The number of piperazine rings is 1. The highest BCUT2D eigenvalue weighted by atomic mass is 15.3. The molecular weight excluding hydrogens is 322 g/mol. The van der Waals surface area contributed by atoms with Gasteiger partial charge < -0.3 is 0 Å². The Labute approximate surface area is 154 Å². The van der Waals surface area contributed by atoms with E-state index in [1.165, 1.54) is 22.4 Å². The van der Waals surface area contributed by atoms with Crippen molar-refractivity contribution in [3.63, 3.8) is 0 Å². The first-order valence-electron chi connectivity index (χ1n) is 9.21. The molecule has 1 aliphatic rings. The number of benzene rings is 1. The number of pyridine rings is 1. The molecule has 26 heavy (non-hydrogen) atoms. The summed E-state index contributed by atoms with van der Waals surface area (Å²) in [5.74, 6) is 0. The fourth-order valence-corrected chi connectivity index (χ4v) is 3.80. The van der Waals surface area contributed by atoms with Gasteiger partial charge in [-0.15, -0.1) is 0 Å². The van der Waals surface area contributed by atoms with Gasteiger partial charge in [-0.1, -0.05) is 24.3 Å². The molecule has 0 saturated carbocycles. The minimum atomic E-state index is 0.238. The van der Waals surface area contributed by atoms with Gasteiger partial charge in [-0.2, -0.15) is 5.10 Å². The van der Waals surface area contributed by atoms with Crippen LogP contribution in [-0.2, 0) is 6.54 Å². The van der Waals surface area contributed by atoms with Crippen molar-refractivity contribution in [2.45, 2.75) is 19.5 Å². The van der Waals surface area contributed by atoms with Crippen molar-refractivity contribution in [1.29, 1.82) is 0 Å². The normalized spacial score (nSPS) is 17.3. The summed E-state index contributed by atoms with van der Waals surface area (Å²) in [6.45, 7) is 7.41. The lowest BCUT2D eigenvalue weighted by atomic mass is 9.96. The van der Waals surface area contributed by atoms with E-state index in [1.54, 1.807) is 0 Å². The zero-order valence-electron chi connectivity index (χ0n) is 15.2. The summed E-state index contributed by atoms with van der Waals surface area (Å²) in [6, 6.07) is 15.2. The second kappa shape index (κ2) is 7.81. The molecule has 0 aliphatic carbocycles. The molecule has 0 radical (unpaired) electrons. The molecule has 1 saturated heterocycles. The molecule has 3 aromatic rings. The van der Waals surface area contributed by atoms with Gasteiger partial charge in [0.1, 0.15) is 0 Å². The molecule has 1 fully saturated rings. The van der Waals surface area contributed by atoms with Crippen LogP contribution in [0.4, 0.5) is 0 Å². The van der Waals surface area contributed by atoms with Gasteiger partial charge in [0, 0.05) is 51.3 Å². The van der Waals surface area contributed by atoms with Crippen LogP contribution in [0.1, 0.15) is 28.4 Å². The van der Waals surface area contributed by atoms with E-state index in [9.17, 15) is 0 Å². The Hall–Kier alpha value is -2.50. The number of hydrogen-bond donors (Lipinski definition) is 1. The largest absolute Gasteiger partial charge is 0.297 e. The average molecular weight is 347 g/mol. The number of hydrogen-bond acceptors (Lipinski definition) is 4. The maximum atomic E-state index is 4.20. The van der Waals surface area contributed by atoms with Gasteiger partial charge in [-0.3, -0.25) is 19.9 Å². The summed E-state index contributed by atoms with van der Waals surface area (Å²) < 4.78 is 0. The second-order valence-corrected chi connectivity index (χ2v) is 6.94. The van der Waals surface area contributed by atoms with E-state index < -0.39 is 0 Å². The zero-order chi connectivity index (χ0) is 17.8. The monoisotopic (exact) mass is 347 g/mol. The summed E-state index contributed by atoms with van der Waals surface area (Å²) in [6.07, 6.45) is 5.59. The van der Waals surface area contributed by atoms with Crippen LogP contribution in [0.5, 0.6) is 0 Å². The molecule has 0 bridgehead atoms. The van der Waals surface area contributed by atoms with E-state index in [4.69, 9.17) is 0 Å². The molecule has 1 atom stereocenters. The maximum absolute atomic E-state index is 4.20. The molecule has 4 rings (SSSR count). The summed E-state index contributed by atoms with van der Waals surface area (Å²) in [5, 5.41) is 7.39. The van der Waals surface area contributed by atoms with Gasteiger partial charge in [0.15, 0.2) is 0 Å². The first-order valence-corrected chi connectivity index (χ1v) is 9.21. The molecule has 1 aliphatic heterocycles. The fourth-order valence-electron chi connectivity index (χ4n) is 3.80. The number of rotatable bonds is 5. The maximum Gasteiger partial charge on any atom is 0.0774 e. The van der Waals surface area contributed by atoms with E-state index in [-0.39, 0.29) is 6.04 Å². The molecule has 5 nitrogen and oxygen atoms in total. The Morgan fingerprint density at radius 1 is 0.962 bits per heavy atom. The summed E-state index contributed by atoms with van der Waals surface area (Å²) in [4.78, 5) is 9.20.